The number of hydrogen-bond acceptors (Lipinski definition) is 4. The summed E-state index contributed by atoms with van der Waals surface area (Å²) in [4.78, 5) is 21.7. The minimum Gasteiger partial charge on any atom is -0.309 e. The summed E-state index contributed by atoms with van der Waals surface area (Å²) >= 11 is 0. The Bertz CT molecular complexity index is 5490. The summed E-state index contributed by atoms with van der Waals surface area (Å²) < 4.78 is 7.14. The zero-order chi connectivity index (χ0) is 59.1. The minimum atomic E-state index is 0.567. The van der Waals surface area contributed by atoms with Crippen LogP contribution in [0.4, 0.5) is 0 Å². The second-order valence-electron chi connectivity index (χ2n) is 23.1. The number of benzene rings is 12. The molecule has 0 saturated carbocycles. The van der Waals surface area contributed by atoms with Crippen LogP contribution in [-0.2, 0) is 0 Å². The standard InChI is InChI=1S/C82H55N7/c1-52-33-47-76-68(49-52)65-26-13-17-31-74(65)88(76)60-43-37-55(38-44-60)78-70(62-23-9-10-28-67(62)82-85-80(57-19-5-3-6-20-57)84-81(86-82)58-21-7-4-8-22-58)51-71(54-35-41-59(42-36-54)87-72-29-15-11-24-63(72)64-25-12-16-30-73(64)87)83-79(78)56-39-45-61(46-40-56)89-75-32-18-14-27-66(75)69-50-53(2)34-48-77(69)89/h3-51H,1-2H3. The molecule has 0 unspecified atom stereocenters. The smallest absolute Gasteiger partial charge is 0.164 e. The molecule has 0 saturated heterocycles. The molecule has 0 amide bonds. The lowest BCUT2D eigenvalue weighted by atomic mass is 9.87. The van der Waals surface area contributed by atoms with E-state index >= 15 is 0 Å². The number of aryl methyl sites for hydroxylation is 2. The van der Waals surface area contributed by atoms with Crippen LogP contribution in [0.25, 0.3) is 161 Å². The molecule has 7 heteroatoms. The second-order valence-corrected chi connectivity index (χ2v) is 23.1. The summed E-state index contributed by atoms with van der Waals surface area (Å²) in [6.07, 6.45) is 0. The maximum Gasteiger partial charge on any atom is 0.164 e. The third-order valence-electron chi connectivity index (χ3n) is 17.6. The van der Waals surface area contributed by atoms with Crippen LogP contribution in [0.5, 0.6) is 0 Å². The van der Waals surface area contributed by atoms with Crippen molar-refractivity contribution in [3.05, 3.63) is 308 Å². The maximum atomic E-state index is 5.88. The lowest BCUT2D eigenvalue weighted by Gasteiger charge is -2.21. The monoisotopic (exact) mass is 1140 g/mol. The number of aromatic nitrogens is 7. The van der Waals surface area contributed by atoms with E-state index in [0.717, 1.165) is 112 Å². The summed E-state index contributed by atoms with van der Waals surface area (Å²) in [5.41, 5.74) is 22.9. The summed E-state index contributed by atoms with van der Waals surface area (Å²) in [6, 6.07) is 106. The van der Waals surface area contributed by atoms with Gasteiger partial charge in [0.15, 0.2) is 17.5 Å². The van der Waals surface area contributed by atoms with Gasteiger partial charge in [-0.3, -0.25) is 0 Å². The zero-order valence-electron chi connectivity index (χ0n) is 48.9. The Morgan fingerprint density at radius 1 is 0.236 bits per heavy atom. The van der Waals surface area contributed by atoms with Crippen molar-refractivity contribution in [3.63, 3.8) is 0 Å². The lowest BCUT2D eigenvalue weighted by Crippen LogP contribution is -2.02. The first-order chi connectivity index (χ1) is 44.0. The number of rotatable bonds is 10. The molecule has 0 atom stereocenters. The Hall–Kier alpha value is -11.8. The molecule has 0 fully saturated rings. The van der Waals surface area contributed by atoms with Crippen molar-refractivity contribution in [1.29, 1.82) is 0 Å². The quantitative estimate of drug-likeness (QED) is 0.137. The molecule has 89 heavy (non-hydrogen) atoms. The molecule has 0 spiro atoms. The predicted octanol–water partition coefficient (Wildman–Crippen LogP) is 20.8. The number of fused-ring (bicyclic) bond motifs is 9. The van der Waals surface area contributed by atoms with Crippen molar-refractivity contribution in [2.45, 2.75) is 13.8 Å². The molecule has 0 aliphatic carbocycles. The average molecular weight is 1140 g/mol. The van der Waals surface area contributed by atoms with E-state index in [9.17, 15) is 0 Å². The highest BCUT2D eigenvalue weighted by atomic mass is 15.0. The highest BCUT2D eigenvalue weighted by Crippen LogP contribution is 2.46. The topological polar surface area (TPSA) is 66.3 Å². The Kier molecular flexibility index (Phi) is 12.2. The molecule has 418 valence electrons. The molecule has 17 aromatic rings. The Balaban J connectivity index is 0.916. The van der Waals surface area contributed by atoms with Gasteiger partial charge in [-0.25, -0.2) is 19.9 Å². The molecule has 7 nitrogen and oxygen atoms in total. The first-order valence-corrected chi connectivity index (χ1v) is 30.3. The lowest BCUT2D eigenvalue weighted by molar-refractivity contribution is 1.07. The fourth-order valence-electron chi connectivity index (χ4n) is 13.5. The molecule has 0 aliphatic heterocycles. The van der Waals surface area contributed by atoms with Gasteiger partial charge in [0.05, 0.1) is 44.5 Å². The Morgan fingerprint density at radius 3 is 1.06 bits per heavy atom. The van der Waals surface area contributed by atoms with Crippen molar-refractivity contribution >= 4 is 65.4 Å². The van der Waals surface area contributed by atoms with Gasteiger partial charge in [-0.05, 0) is 122 Å². The van der Waals surface area contributed by atoms with Gasteiger partial charge >= 0.3 is 0 Å². The fraction of sp³-hybridized carbons (Fsp3) is 0.0244. The van der Waals surface area contributed by atoms with E-state index in [0.29, 0.717) is 17.5 Å². The van der Waals surface area contributed by atoms with E-state index in [-0.39, 0.29) is 0 Å². The minimum absolute atomic E-state index is 0.567. The van der Waals surface area contributed by atoms with Gasteiger partial charge in [0, 0.05) is 82.8 Å². The second kappa shape index (κ2) is 21.0. The first kappa shape index (κ1) is 51.6. The summed E-state index contributed by atoms with van der Waals surface area (Å²) in [7, 11) is 0. The van der Waals surface area contributed by atoms with Crippen LogP contribution in [0, 0.1) is 13.8 Å². The van der Waals surface area contributed by atoms with Crippen LogP contribution in [0.2, 0.25) is 0 Å². The molecule has 0 bridgehead atoms. The van der Waals surface area contributed by atoms with Gasteiger partial charge in [0.1, 0.15) is 0 Å². The van der Waals surface area contributed by atoms with Crippen LogP contribution < -0.4 is 0 Å². The average Bonchev–Trinajstić information content (AvgIpc) is 2.62. The summed E-state index contributed by atoms with van der Waals surface area (Å²) in [5.74, 6) is 1.76. The summed E-state index contributed by atoms with van der Waals surface area (Å²) in [5, 5.41) is 7.36. The van der Waals surface area contributed by atoms with E-state index in [1.165, 1.54) is 43.4 Å². The van der Waals surface area contributed by atoms with Crippen LogP contribution in [0.15, 0.2) is 297 Å². The van der Waals surface area contributed by atoms with Crippen molar-refractivity contribution in [1.82, 2.24) is 33.6 Å². The maximum absolute atomic E-state index is 5.88. The van der Waals surface area contributed by atoms with Crippen molar-refractivity contribution < 1.29 is 0 Å². The molecule has 5 aromatic heterocycles. The number of hydrogen-bond donors (Lipinski definition) is 0. The third kappa shape index (κ3) is 8.73. The van der Waals surface area contributed by atoms with Crippen molar-refractivity contribution in [2.24, 2.45) is 0 Å². The van der Waals surface area contributed by atoms with E-state index in [4.69, 9.17) is 19.9 Å². The van der Waals surface area contributed by atoms with Gasteiger partial charge in [-0.2, -0.15) is 0 Å². The van der Waals surface area contributed by atoms with E-state index in [1.54, 1.807) is 0 Å². The largest absolute Gasteiger partial charge is 0.309 e. The van der Waals surface area contributed by atoms with Crippen LogP contribution >= 0.6 is 0 Å². The highest BCUT2D eigenvalue weighted by molar-refractivity contribution is 6.12. The molecule has 5 heterocycles. The van der Waals surface area contributed by atoms with E-state index < -0.39 is 0 Å². The number of para-hydroxylation sites is 4. The van der Waals surface area contributed by atoms with Crippen LogP contribution in [0.3, 0.4) is 0 Å². The van der Waals surface area contributed by atoms with Crippen LogP contribution in [-0.4, -0.2) is 33.6 Å². The van der Waals surface area contributed by atoms with Crippen LogP contribution in [0.1, 0.15) is 11.1 Å². The molecule has 12 aromatic carbocycles. The normalized spacial score (nSPS) is 11.7. The number of pyridine rings is 1. The van der Waals surface area contributed by atoms with Gasteiger partial charge in [-0.1, -0.05) is 217 Å². The Morgan fingerprint density at radius 2 is 0.596 bits per heavy atom. The Labute approximate surface area is 514 Å². The molecule has 0 radical (unpaired) electrons. The van der Waals surface area contributed by atoms with Gasteiger partial charge in [0.2, 0.25) is 0 Å². The summed E-state index contributed by atoms with van der Waals surface area (Å²) in [6.45, 7) is 4.33. The first-order valence-electron chi connectivity index (χ1n) is 30.3. The van der Waals surface area contributed by atoms with Crippen molar-refractivity contribution in [3.8, 4) is 96.0 Å². The predicted molar refractivity (Wildman–Crippen MR) is 368 cm³/mol. The SMILES string of the molecule is Cc1ccc2c(c1)c1ccccc1n2-c1ccc(-c2nc(-c3ccc(-n4c5ccccc5c5ccccc54)cc3)cc(-c3ccccc3-c3nc(-c4ccccc4)nc(-c4ccccc4)n3)c2-c2ccc(-n3c4ccccc4c4cc(C)ccc43)cc2)cc1. The molecule has 0 N–H and O–H groups in total. The molecular formula is C82H55N7. The van der Waals surface area contributed by atoms with Crippen molar-refractivity contribution in [2.75, 3.05) is 0 Å². The highest BCUT2D eigenvalue weighted by Gasteiger charge is 2.25. The molecule has 17 rings (SSSR count). The third-order valence-corrected chi connectivity index (χ3v) is 17.6. The zero-order valence-corrected chi connectivity index (χ0v) is 48.9. The van der Waals surface area contributed by atoms with E-state index in [1.807, 2.05) is 36.4 Å². The number of nitrogens with zero attached hydrogens (tertiary/aromatic N) is 7. The van der Waals surface area contributed by atoms with Gasteiger partial charge in [0.25, 0.3) is 0 Å². The molecule has 0 aliphatic rings. The van der Waals surface area contributed by atoms with Gasteiger partial charge < -0.3 is 13.7 Å². The molecular weight excluding hydrogens is 1080 g/mol. The fourth-order valence-corrected chi connectivity index (χ4v) is 13.5. The van der Waals surface area contributed by atoms with Gasteiger partial charge in [-0.15, -0.1) is 0 Å². The van der Waals surface area contributed by atoms with E-state index in [2.05, 4.69) is 288 Å².